The number of carbonyl (C=O) groups excluding carboxylic acids is 2. The maximum atomic E-state index is 12.4. The van der Waals surface area contributed by atoms with Crippen LogP contribution in [-0.2, 0) is 14.3 Å². The van der Waals surface area contributed by atoms with Gasteiger partial charge in [0.1, 0.15) is 6.10 Å². The van der Waals surface area contributed by atoms with Gasteiger partial charge in [-0.05, 0) is 117 Å². The van der Waals surface area contributed by atoms with E-state index in [1.54, 1.807) is 0 Å². The number of carboxylic acids is 1. The molecule has 4 fully saturated rings. The number of aliphatic carboxylic acids is 1. The van der Waals surface area contributed by atoms with Gasteiger partial charge in [-0.3, -0.25) is 4.79 Å². The molecule has 0 aromatic carbocycles. The van der Waals surface area contributed by atoms with Gasteiger partial charge in [0.2, 0.25) is 0 Å². The molecule has 0 aromatic heterocycles. The monoisotopic (exact) mass is 524 g/mol. The number of aliphatic hydroxyl groups excluding tert-OH is 2. The number of esters is 1. The molecule has 4 aliphatic rings. The Morgan fingerprint density at radius 1 is 1.05 bits per heavy atom. The molecule has 7 heteroatoms. The molecule has 0 saturated heterocycles. The molecular weight excluding hydrogens is 479 g/mol. The number of carbonyl (C=O) groups is 2. The minimum absolute atomic E-state index is 0. The molecule has 10 atom stereocenters. The molecule has 0 bridgehead atoms. The van der Waals surface area contributed by atoms with Crippen LogP contribution in [0, 0.1) is 40.4 Å². The predicted molar refractivity (Wildman–Crippen MR) is 135 cm³/mol. The number of ether oxygens (including phenoxy) is 1. The fourth-order valence-electron chi connectivity index (χ4n) is 9.23. The van der Waals surface area contributed by atoms with Gasteiger partial charge in [-0.1, -0.05) is 32.4 Å². The summed E-state index contributed by atoms with van der Waals surface area (Å²) in [6.45, 7) is 12.0. The van der Waals surface area contributed by atoms with Crippen molar-refractivity contribution in [2.24, 2.45) is 40.4 Å². The molecule has 4 aliphatic carbocycles. The molecule has 6 nitrogen and oxygen atoms in total. The number of rotatable bonds is 5. The summed E-state index contributed by atoms with van der Waals surface area (Å²) < 4.78 is 5.80. The molecule has 2 N–H and O–H groups in total. The quantitative estimate of drug-likeness (QED) is 0.240. The van der Waals surface area contributed by atoms with E-state index in [0.29, 0.717) is 37.2 Å². The van der Waals surface area contributed by atoms with Crippen molar-refractivity contribution in [1.82, 2.24) is 0 Å². The Bertz CT molecular complexity index is 954. The van der Waals surface area contributed by atoms with Crippen LogP contribution in [0.1, 0.15) is 92.9 Å². The van der Waals surface area contributed by atoms with Crippen LogP contribution in [0.4, 0.5) is 0 Å². The Hall–Kier alpha value is -0.660. The first-order valence-electron chi connectivity index (χ1n) is 13.9. The zero-order valence-corrected chi connectivity index (χ0v) is 25.9. The van der Waals surface area contributed by atoms with Gasteiger partial charge < -0.3 is 24.9 Å². The smallest absolute Gasteiger partial charge is 0.545 e. The first-order valence-corrected chi connectivity index (χ1v) is 13.9. The average molecular weight is 525 g/mol. The van der Waals surface area contributed by atoms with E-state index in [2.05, 4.69) is 20.8 Å². The second-order valence-electron chi connectivity index (χ2n) is 13.0. The van der Waals surface area contributed by atoms with Gasteiger partial charge in [0.05, 0.1) is 18.2 Å². The van der Waals surface area contributed by atoms with E-state index in [9.17, 15) is 24.9 Å². The number of hydrogen-bond donors (Lipinski definition) is 2. The fourth-order valence-corrected chi connectivity index (χ4v) is 9.23. The number of carboxylic acid groups (broad SMARTS) is 1. The third kappa shape index (κ3) is 5.39. The summed E-state index contributed by atoms with van der Waals surface area (Å²) in [7, 11) is 0. The molecule has 0 heterocycles. The summed E-state index contributed by atoms with van der Waals surface area (Å²) in [6, 6.07) is 0. The fraction of sp³-hybridized carbons (Fsp3) is 0.800. The Morgan fingerprint density at radius 2 is 1.70 bits per heavy atom. The Balaban J connectivity index is 0.00000380. The number of fused-ring (bicyclic) bond motifs is 5. The number of aliphatic hydroxyl groups is 2. The maximum Gasteiger partial charge on any atom is 1.00 e. The van der Waals surface area contributed by atoms with Crippen LogP contribution in [0.15, 0.2) is 22.8 Å². The molecule has 4 rings (SSSR count). The molecule has 37 heavy (non-hydrogen) atoms. The van der Waals surface area contributed by atoms with Gasteiger partial charge in [0.25, 0.3) is 0 Å². The van der Waals surface area contributed by atoms with E-state index in [1.165, 1.54) is 6.92 Å². The number of hydrogen-bond acceptors (Lipinski definition) is 6. The molecule has 0 aromatic rings. The van der Waals surface area contributed by atoms with E-state index < -0.39 is 24.1 Å². The molecule has 0 aliphatic heterocycles. The first kappa shape index (κ1) is 30.9. The van der Waals surface area contributed by atoms with E-state index in [-0.39, 0.29) is 75.7 Å². The van der Waals surface area contributed by atoms with Gasteiger partial charge in [-0.15, -0.1) is 0 Å². The third-order valence-electron chi connectivity index (χ3n) is 10.8. The summed E-state index contributed by atoms with van der Waals surface area (Å²) in [5.74, 6) is -0.922. The zero-order valence-electron chi connectivity index (χ0n) is 23.9. The molecule has 0 spiro atoms. The summed E-state index contributed by atoms with van der Waals surface area (Å²) in [4.78, 5) is 24.5. The van der Waals surface area contributed by atoms with Gasteiger partial charge >= 0.3 is 35.5 Å². The predicted octanol–water partition coefficient (Wildman–Crippen LogP) is 0.945. The van der Waals surface area contributed by atoms with Crippen molar-refractivity contribution in [1.29, 1.82) is 0 Å². The summed E-state index contributed by atoms with van der Waals surface area (Å²) in [5, 5.41) is 34.7. The second kappa shape index (κ2) is 11.4. The van der Waals surface area contributed by atoms with Crippen molar-refractivity contribution in [3.8, 4) is 0 Å². The topological polar surface area (TPSA) is 107 Å². The SMILES string of the molecule is CC(=O)OC1C[C@]2(C)C3CCC4C(C)C(O)CC[C@]4(C)C3C(O)C[C@H]2/C1=C(\CCC=C(C)C)C(=O)[O-].[Na+]. The van der Waals surface area contributed by atoms with Crippen LogP contribution in [0.5, 0.6) is 0 Å². The van der Waals surface area contributed by atoms with Gasteiger partial charge in [-0.2, -0.15) is 0 Å². The van der Waals surface area contributed by atoms with Crippen LogP contribution in [0.2, 0.25) is 0 Å². The van der Waals surface area contributed by atoms with Crippen molar-refractivity contribution in [3.63, 3.8) is 0 Å². The molecule has 4 saturated carbocycles. The van der Waals surface area contributed by atoms with Crippen LogP contribution in [0.25, 0.3) is 0 Å². The Morgan fingerprint density at radius 3 is 2.30 bits per heavy atom. The number of allylic oxidation sites excluding steroid dienone is 2. The molecule has 7 unspecified atom stereocenters. The Kier molecular flexibility index (Phi) is 9.55. The van der Waals surface area contributed by atoms with Gasteiger partial charge in [0.15, 0.2) is 0 Å². The van der Waals surface area contributed by atoms with Crippen molar-refractivity contribution < 1.29 is 59.2 Å². The van der Waals surface area contributed by atoms with Crippen molar-refractivity contribution in [2.45, 2.75) is 111 Å². The molecule has 0 radical (unpaired) electrons. The normalized spacial score (nSPS) is 43.9. The van der Waals surface area contributed by atoms with E-state index >= 15 is 0 Å². The van der Waals surface area contributed by atoms with Crippen LogP contribution in [0.3, 0.4) is 0 Å². The molecule has 202 valence electrons. The van der Waals surface area contributed by atoms with Gasteiger partial charge in [-0.25, -0.2) is 0 Å². The largest absolute Gasteiger partial charge is 1.00 e. The minimum atomic E-state index is -1.20. The van der Waals surface area contributed by atoms with E-state index in [0.717, 1.165) is 31.3 Å². The average Bonchev–Trinajstić information content (AvgIpc) is 3.04. The maximum absolute atomic E-state index is 12.4. The molecule has 0 amide bonds. The van der Waals surface area contributed by atoms with Crippen LogP contribution >= 0.6 is 0 Å². The van der Waals surface area contributed by atoms with Crippen molar-refractivity contribution in [2.75, 3.05) is 0 Å². The first-order chi connectivity index (χ1) is 16.8. The second-order valence-corrected chi connectivity index (χ2v) is 13.0. The summed E-state index contributed by atoms with van der Waals surface area (Å²) >= 11 is 0. The summed E-state index contributed by atoms with van der Waals surface area (Å²) in [6.07, 6.45) is 6.12. The standard InChI is InChI=1S/C30H46O6.Na/c1-16(2)8-7-9-19(28(34)35)26-22-14-24(33)27-21(30(22,6)15-25(26)36-18(4)31)11-10-20-17(3)23(32)12-13-29(20,27)5;/h8,17,20-25,27,32-33H,7,9-15H2,1-6H3,(H,34,35);/q;+1/p-1/b26-19-;/t17?,20?,21?,22-,23?,24?,25?,27?,29-,30+;/m0./s1. The van der Waals surface area contributed by atoms with Crippen molar-refractivity contribution in [3.05, 3.63) is 22.8 Å². The van der Waals surface area contributed by atoms with Gasteiger partial charge in [0, 0.05) is 6.92 Å². The Labute approximate surface area is 244 Å². The minimum Gasteiger partial charge on any atom is -0.545 e. The van der Waals surface area contributed by atoms with E-state index in [1.807, 2.05) is 19.9 Å². The van der Waals surface area contributed by atoms with E-state index in [4.69, 9.17) is 4.74 Å². The van der Waals surface area contributed by atoms with Crippen LogP contribution in [-0.4, -0.2) is 40.5 Å². The summed E-state index contributed by atoms with van der Waals surface area (Å²) in [5.41, 5.74) is 1.70. The third-order valence-corrected chi connectivity index (χ3v) is 10.8. The zero-order chi connectivity index (χ0) is 26.6. The van der Waals surface area contributed by atoms with Crippen LogP contribution < -0.4 is 34.7 Å². The van der Waals surface area contributed by atoms with Crippen molar-refractivity contribution >= 4 is 11.9 Å². The molecular formula is C30H45NaO6.